The smallest absolute Gasteiger partial charge is 0.226 e. The SMILES string of the molecule is CC(CN)CCc1nc(C2CCC(C)CC2)no1. The molecule has 0 bridgehead atoms. The molecule has 1 aliphatic rings. The summed E-state index contributed by atoms with van der Waals surface area (Å²) in [7, 11) is 0. The van der Waals surface area contributed by atoms with Crippen molar-refractivity contribution in [1.29, 1.82) is 0 Å². The second-order valence-electron chi connectivity index (χ2n) is 5.88. The molecule has 4 heteroatoms. The summed E-state index contributed by atoms with van der Waals surface area (Å²) in [6.07, 6.45) is 6.88. The van der Waals surface area contributed by atoms with Crippen molar-refractivity contribution in [3.8, 4) is 0 Å². The van der Waals surface area contributed by atoms with Crippen molar-refractivity contribution in [2.24, 2.45) is 17.6 Å². The monoisotopic (exact) mass is 251 g/mol. The molecule has 0 aromatic carbocycles. The Bertz CT molecular complexity index is 356. The van der Waals surface area contributed by atoms with Gasteiger partial charge in [0, 0.05) is 12.3 Å². The fourth-order valence-electron chi connectivity index (χ4n) is 2.54. The third kappa shape index (κ3) is 3.55. The molecule has 1 saturated carbocycles. The van der Waals surface area contributed by atoms with Crippen LogP contribution in [0.3, 0.4) is 0 Å². The van der Waals surface area contributed by atoms with Crippen LogP contribution in [0.25, 0.3) is 0 Å². The quantitative estimate of drug-likeness (QED) is 0.874. The first kappa shape index (κ1) is 13.5. The molecule has 1 heterocycles. The Morgan fingerprint density at radius 1 is 1.33 bits per heavy atom. The zero-order chi connectivity index (χ0) is 13.0. The molecule has 1 aromatic rings. The van der Waals surface area contributed by atoms with Crippen LogP contribution < -0.4 is 5.73 Å². The zero-order valence-corrected chi connectivity index (χ0v) is 11.6. The second kappa shape index (κ2) is 6.32. The van der Waals surface area contributed by atoms with E-state index in [-0.39, 0.29) is 0 Å². The number of hydrogen-bond acceptors (Lipinski definition) is 4. The van der Waals surface area contributed by atoms with Crippen molar-refractivity contribution >= 4 is 0 Å². The standard InChI is InChI=1S/C14H25N3O/c1-10-3-6-12(7-4-10)14-16-13(18-17-14)8-5-11(2)9-15/h10-12H,3-9,15H2,1-2H3. The van der Waals surface area contributed by atoms with Crippen LogP contribution in [-0.4, -0.2) is 16.7 Å². The number of nitrogens with two attached hydrogens (primary N) is 1. The molecule has 2 rings (SSSR count). The minimum absolute atomic E-state index is 0.519. The molecule has 102 valence electrons. The lowest BCUT2D eigenvalue weighted by Gasteiger charge is -2.23. The maximum absolute atomic E-state index is 5.60. The molecule has 1 unspecified atom stereocenters. The van der Waals surface area contributed by atoms with Crippen LogP contribution in [0.4, 0.5) is 0 Å². The maximum atomic E-state index is 5.60. The fourth-order valence-corrected chi connectivity index (χ4v) is 2.54. The van der Waals surface area contributed by atoms with Crippen LogP contribution in [0, 0.1) is 11.8 Å². The molecule has 1 fully saturated rings. The van der Waals surface area contributed by atoms with Gasteiger partial charge in [-0.25, -0.2) is 0 Å². The maximum Gasteiger partial charge on any atom is 0.226 e. The van der Waals surface area contributed by atoms with E-state index in [1.807, 2.05) is 0 Å². The summed E-state index contributed by atoms with van der Waals surface area (Å²) in [5, 5.41) is 4.15. The Labute approximate surface area is 109 Å². The van der Waals surface area contributed by atoms with Crippen molar-refractivity contribution < 1.29 is 4.52 Å². The average molecular weight is 251 g/mol. The molecule has 0 amide bonds. The first-order valence-electron chi connectivity index (χ1n) is 7.21. The van der Waals surface area contributed by atoms with E-state index < -0.39 is 0 Å². The molecule has 2 N–H and O–H groups in total. The summed E-state index contributed by atoms with van der Waals surface area (Å²) < 4.78 is 5.34. The van der Waals surface area contributed by atoms with Crippen LogP contribution in [0.2, 0.25) is 0 Å². The Balaban J connectivity index is 1.86. The fraction of sp³-hybridized carbons (Fsp3) is 0.857. The molecule has 1 atom stereocenters. The van der Waals surface area contributed by atoms with Crippen molar-refractivity contribution in [2.75, 3.05) is 6.54 Å². The van der Waals surface area contributed by atoms with E-state index in [1.54, 1.807) is 0 Å². The highest BCUT2D eigenvalue weighted by Crippen LogP contribution is 2.34. The van der Waals surface area contributed by atoms with Crippen LogP contribution in [0.5, 0.6) is 0 Å². The van der Waals surface area contributed by atoms with Gasteiger partial charge in [0.1, 0.15) is 0 Å². The van der Waals surface area contributed by atoms with Crippen LogP contribution in [0.1, 0.15) is 63.6 Å². The lowest BCUT2D eigenvalue weighted by atomic mass is 9.83. The van der Waals surface area contributed by atoms with E-state index in [0.29, 0.717) is 11.8 Å². The molecule has 4 nitrogen and oxygen atoms in total. The van der Waals surface area contributed by atoms with Crippen molar-refractivity contribution in [3.63, 3.8) is 0 Å². The van der Waals surface area contributed by atoms with Gasteiger partial charge in [0.25, 0.3) is 0 Å². The number of nitrogens with zero attached hydrogens (tertiary/aromatic N) is 2. The molecule has 0 saturated heterocycles. The van der Waals surface area contributed by atoms with Gasteiger partial charge in [-0.1, -0.05) is 31.8 Å². The van der Waals surface area contributed by atoms with Crippen LogP contribution >= 0.6 is 0 Å². The summed E-state index contributed by atoms with van der Waals surface area (Å²) in [6, 6.07) is 0. The first-order chi connectivity index (χ1) is 8.69. The molecule has 0 radical (unpaired) electrons. The Kier molecular flexibility index (Phi) is 4.75. The topological polar surface area (TPSA) is 64.9 Å². The molecule has 18 heavy (non-hydrogen) atoms. The van der Waals surface area contributed by atoms with Crippen molar-refractivity contribution in [2.45, 2.75) is 58.3 Å². The van der Waals surface area contributed by atoms with Gasteiger partial charge in [0.05, 0.1) is 0 Å². The third-order valence-corrected chi connectivity index (χ3v) is 4.12. The summed E-state index contributed by atoms with van der Waals surface area (Å²) in [4.78, 5) is 4.55. The van der Waals surface area contributed by atoms with Gasteiger partial charge in [0.15, 0.2) is 5.82 Å². The van der Waals surface area contributed by atoms with Gasteiger partial charge in [-0.2, -0.15) is 4.98 Å². The first-order valence-corrected chi connectivity index (χ1v) is 7.21. The van der Waals surface area contributed by atoms with Crippen molar-refractivity contribution in [3.05, 3.63) is 11.7 Å². The van der Waals surface area contributed by atoms with Gasteiger partial charge in [0.2, 0.25) is 5.89 Å². The highest BCUT2D eigenvalue weighted by Gasteiger charge is 2.23. The highest BCUT2D eigenvalue weighted by molar-refractivity contribution is 4.97. The Morgan fingerprint density at radius 3 is 2.72 bits per heavy atom. The Hall–Kier alpha value is -0.900. The van der Waals surface area contributed by atoms with Gasteiger partial charge in [-0.05, 0) is 37.6 Å². The molecule has 1 aliphatic carbocycles. The molecular formula is C14H25N3O. The van der Waals surface area contributed by atoms with Gasteiger partial charge in [-0.3, -0.25) is 0 Å². The van der Waals surface area contributed by atoms with E-state index in [9.17, 15) is 0 Å². The van der Waals surface area contributed by atoms with E-state index in [4.69, 9.17) is 10.3 Å². The largest absolute Gasteiger partial charge is 0.339 e. The van der Waals surface area contributed by atoms with Gasteiger partial charge >= 0.3 is 0 Å². The molecule has 0 spiro atoms. The number of rotatable bonds is 5. The third-order valence-electron chi connectivity index (χ3n) is 4.12. The lowest BCUT2D eigenvalue weighted by molar-refractivity contribution is 0.322. The molecule has 0 aliphatic heterocycles. The van der Waals surface area contributed by atoms with Crippen LogP contribution in [0.15, 0.2) is 4.52 Å². The van der Waals surface area contributed by atoms with E-state index in [0.717, 1.165) is 37.0 Å². The minimum atomic E-state index is 0.519. The lowest BCUT2D eigenvalue weighted by Crippen LogP contribution is -2.12. The molecule has 1 aromatic heterocycles. The summed E-state index contributed by atoms with van der Waals surface area (Å²) in [5.74, 6) is 3.61. The van der Waals surface area contributed by atoms with Gasteiger partial charge < -0.3 is 10.3 Å². The van der Waals surface area contributed by atoms with Gasteiger partial charge in [-0.15, -0.1) is 0 Å². The van der Waals surface area contributed by atoms with Crippen LogP contribution in [-0.2, 0) is 6.42 Å². The van der Waals surface area contributed by atoms with E-state index in [1.165, 1.54) is 25.7 Å². The number of hydrogen-bond donors (Lipinski definition) is 1. The summed E-state index contributed by atoms with van der Waals surface area (Å²) >= 11 is 0. The number of aromatic nitrogens is 2. The molecular weight excluding hydrogens is 226 g/mol. The highest BCUT2D eigenvalue weighted by atomic mass is 16.5. The average Bonchev–Trinajstić information content (AvgIpc) is 2.85. The normalized spacial score (nSPS) is 26.2. The second-order valence-corrected chi connectivity index (χ2v) is 5.88. The van der Waals surface area contributed by atoms with Crippen molar-refractivity contribution in [1.82, 2.24) is 10.1 Å². The van der Waals surface area contributed by atoms with E-state index in [2.05, 4.69) is 24.0 Å². The number of aryl methyl sites for hydroxylation is 1. The zero-order valence-electron chi connectivity index (χ0n) is 11.6. The minimum Gasteiger partial charge on any atom is -0.339 e. The van der Waals surface area contributed by atoms with E-state index >= 15 is 0 Å². The Morgan fingerprint density at radius 2 is 2.06 bits per heavy atom. The summed E-state index contributed by atoms with van der Waals surface area (Å²) in [6.45, 7) is 5.20. The predicted molar refractivity (Wildman–Crippen MR) is 71.2 cm³/mol. The summed E-state index contributed by atoms with van der Waals surface area (Å²) in [5.41, 5.74) is 5.60. The predicted octanol–water partition coefficient (Wildman–Crippen LogP) is 2.89.